The average Bonchev–Trinajstić information content (AvgIpc) is 2.67. The number of hydrogen-bond acceptors (Lipinski definition) is 6. The van der Waals surface area contributed by atoms with Gasteiger partial charge in [0, 0.05) is 6.42 Å². The Morgan fingerprint density at radius 1 is 1.21 bits per heavy atom. The summed E-state index contributed by atoms with van der Waals surface area (Å²) in [7, 11) is 0. The van der Waals surface area contributed by atoms with Gasteiger partial charge in [0.2, 0.25) is 5.78 Å². The highest BCUT2D eigenvalue weighted by Crippen LogP contribution is 2.36. The molecule has 0 saturated carbocycles. The number of carboxylic acid groups (broad SMARTS) is 1. The SMILES string of the molecule is CC1OC(=O)c2c(O)c(C(=O)NC(Cc3ccccc3)C(=O)O)cc(Cl)c2C1=O. The number of hydrogen-bond donors (Lipinski definition) is 3. The summed E-state index contributed by atoms with van der Waals surface area (Å²) in [4.78, 5) is 48.6. The minimum atomic E-state index is -1.30. The lowest BCUT2D eigenvalue weighted by molar-refractivity contribution is -0.139. The molecule has 0 radical (unpaired) electrons. The largest absolute Gasteiger partial charge is 0.506 e. The third kappa shape index (κ3) is 3.93. The van der Waals surface area contributed by atoms with Crippen molar-refractivity contribution >= 4 is 35.2 Å². The summed E-state index contributed by atoms with van der Waals surface area (Å²) in [5.41, 5.74) is -0.507. The fourth-order valence-electron chi connectivity index (χ4n) is 3.01. The Kier molecular flexibility index (Phi) is 5.56. The van der Waals surface area contributed by atoms with E-state index in [-0.39, 0.29) is 17.0 Å². The molecule has 1 amide bonds. The van der Waals surface area contributed by atoms with Crippen molar-refractivity contribution in [1.82, 2.24) is 5.32 Å². The van der Waals surface area contributed by atoms with E-state index in [1.165, 1.54) is 6.92 Å². The van der Waals surface area contributed by atoms with Crippen LogP contribution in [0.25, 0.3) is 0 Å². The first-order chi connectivity index (χ1) is 13.7. The molecule has 8 nitrogen and oxygen atoms in total. The summed E-state index contributed by atoms with van der Waals surface area (Å²) < 4.78 is 4.86. The molecule has 0 aromatic heterocycles. The summed E-state index contributed by atoms with van der Waals surface area (Å²) in [6, 6.07) is 8.37. The lowest BCUT2D eigenvalue weighted by Crippen LogP contribution is -2.42. The number of phenols is 1. The van der Waals surface area contributed by atoms with Crippen molar-refractivity contribution < 1.29 is 34.1 Å². The molecule has 3 N–H and O–H groups in total. The van der Waals surface area contributed by atoms with Crippen LogP contribution in [0.4, 0.5) is 0 Å². The number of esters is 1. The molecular formula is C20H16ClNO7. The summed E-state index contributed by atoms with van der Waals surface area (Å²) in [6.07, 6.45) is -1.08. The summed E-state index contributed by atoms with van der Waals surface area (Å²) in [5.74, 6) is -4.65. The number of Topliss-reactive ketones (excluding diaryl/α,β-unsaturated/α-hetero) is 1. The zero-order chi connectivity index (χ0) is 21.3. The number of halogens is 1. The second kappa shape index (κ2) is 7.92. The van der Waals surface area contributed by atoms with Crippen molar-refractivity contribution in [3.05, 3.63) is 63.7 Å². The molecule has 0 bridgehead atoms. The van der Waals surface area contributed by atoms with E-state index in [0.717, 1.165) is 6.07 Å². The van der Waals surface area contributed by atoms with E-state index in [1.807, 2.05) is 0 Å². The number of ketones is 1. The second-order valence-corrected chi connectivity index (χ2v) is 6.88. The molecule has 0 aliphatic carbocycles. The van der Waals surface area contributed by atoms with Crippen LogP contribution >= 0.6 is 11.6 Å². The Hall–Kier alpha value is -3.39. The first kappa shape index (κ1) is 20.3. The predicted molar refractivity (Wildman–Crippen MR) is 101 cm³/mol. The van der Waals surface area contributed by atoms with Crippen LogP contribution in [-0.4, -0.2) is 46.0 Å². The van der Waals surface area contributed by atoms with Crippen molar-refractivity contribution in [2.75, 3.05) is 0 Å². The maximum atomic E-state index is 12.6. The molecule has 29 heavy (non-hydrogen) atoms. The van der Waals surface area contributed by atoms with Crippen molar-refractivity contribution in [1.29, 1.82) is 0 Å². The van der Waals surface area contributed by atoms with Crippen LogP contribution in [0.2, 0.25) is 5.02 Å². The Labute approximate surface area is 170 Å². The van der Waals surface area contributed by atoms with Crippen LogP contribution in [0, 0.1) is 0 Å². The number of fused-ring (bicyclic) bond motifs is 1. The fraction of sp³-hybridized carbons (Fsp3) is 0.200. The number of aromatic hydroxyl groups is 1. The number of rotatable bonds is 5. The summed E-state index contributed by atoms with van der Waals surface area (Å²) in [5, 5.41) is 21.9. The number of aliphatic carboxylic acids is 1. The van der Waals surface area contributed by atoms with E-state index in [9.17, 15) is 29.4 Å². The Balaban J connectivity index is 1.94. The standard InChI is InChI=1S/C20H16ClNO7/c1-9-16(23)14-12(21)8-11(17(24)15(14)20(28)29-9)18(25)22-13(19(26)27)7-10-5-3-2-4-6-10/h2-6,8-9,13,24H,7H2,1H3,(H,22,25)(H,26,27). The third-order valence-corrected chi connectivity index (χ3v) is 4.78. The maximum Gasteiger partial charge on any atom is 0.343 e. The summed E-state index contributed by atoms with van der Waals surface area (Å²) >= 11 is 6.08. The number of ether oxygens (including phenoxy) is 1. The summed E-state index contributed by atoms with van der Waals surface area (Å²) in [6.45, 7) is 1.36. The highest BCUT2D eigenvalue weighted by atomic mass is 35.5. The van der Waals surface area contributed by atoms with Gasteiger partial charge < -0.3 is 20.3 Å². The van der Waals surface area contributed by atoms with Gasteiger partial charge in [0.05, 0.1) is 16.1 Å². The number of nitrogens with one attached hydrogen (secondary N) is 1. The minimum Gasteiger partial charge on any atom is -0.506 e. The first-order valence-electron chi connectivity index (χ1n) is 8.59. The Bertz CT molecular complexity index is 1020. The van der Waals surface area contributed by atoms with Crippen molar-refractivity contribution in [2.45, 2.75) is 25.5 Å². The van der Waals surface area contributed by atoms with Crippen LogP contribution in [-0.2, 0) is 16.0 Å². The van der Waals surface area contributed by atoms with Crippen molar-refractivity contribution in [2.24, 2.45) is 0 Å². The van der Waals surface area contributed by atoms with Crippen LogP contribution < -0.4 is 5.32 Å². The van der Waals surface area contributed by atoms with E-state index in [4.69, 9.17) is 16.3 Å². The zero-order valence-electron chi connectivity index (χ0n) is 15.1. The molecule has 1 aliphatic rings. The lowest BCUT2D eigenvalue weighted by atomic mass is 9.94. The average molecular weight is 418 g/mol. The van der Waals surface area contributed by atoms with Gasteiger partial charge >= 0.3 is 11.9 Å². The molecule has 1 aliphatic heterocycles. The molecule has 0 spiro atoms. The smallest absolute Gasteiger partial charge is 0.343 e. The first-order valence-corrected chi connectivity index (χ1v) is 8.96. The number of carbonyl (C=O) groups excluding carboxylic acids is 3. The van der Waals surface area contributed by atoms with Gasteiger partial charge in [-0.1, -0.05) is 41.9 Å². The number of carboxylic acids is 1. The zero-order valence-corrected chi connectivity index (χ0v) is 15.9. The second-order valence-electron chi connectivity index (χ2n) is 6.47. The van der Waals surface area contributed by atoms with Crippen molar-refractivity contribution in [3.63, 3.8) is 0 Å². The molecule has 1 heterocycles. The number of amides is 1. The molecule has 2 atom stereocenters. The van der Waals surface area contributed by atoms with E-state index in [1.54, 1.807) is 30.3 Å². The van der Waals surface area contributed by atoms with E-state index >= 15 is 0 Å². The minimum absolute atomic E-state index is 0.000605. The molecular weight excluding hydrogens is 402 g/mol. The monoisotopic (exact) mass is 417 g/mol. The number of benzene rings is 2. The van der Waals surface area contributed by atoms with Crippen LogP contribution in [0.3, 0.4) is 0 Å². The molecule has 2 aromatic carbocycles. The van der Waals surface area contributed by atoms with Gasteiger partial charge in [-0.15, -0.1) is 0 Å². The van der Waals surface area contributed by atoms with E-state index in [2.05, 4.69) is 5.32 Å². The van der Waals surface area contributed by atoms with Gasteiger partial charge in [-0.05, 0) is 18.6 Å². The van der Waals surface area contributed by atoms with E-state index < -0.39 is 52.7 Å². The number of phenolic OH excluding ortho intramolecular Hbond substituents is 1. The molecule has 0 saturated heterocycles. The normalized spacial score (nSPS) is 16.6. The topological polar surface area (TPSA) is 130 Å². The van der Waals surface area contributed by atoms with Crippen LogP contribution in [0.1, 0.15) is 43.6 Å². The molecule has 0 fully saturated rings. The van der Waals surface area contributed by atoms with Gasteiger partial charge in [-0.3, -0.25) is 9.59 Å². The quantitative estimate of drug-likeness (QED) is 0.636. The van der Waals surface area contributed by atoms with Gasteiger partial charge in [-0.2, -0.15) is 0 Å². The molecule has 9 heteroatoms. The number of cyclic esters (lactones) is 1. The molecule has 2 unspecified atom stereocenters. The van der Waals surface area contributed by atoms with Crippen LogP contribution in [0.15, 0.2) is 36.4 Å². The molecule has 3 rings (SSSR count). The molecule has 2 aromatic rings. The third-order valence-electron chi connectivity index (χ3n) is 4.49. The van der Waals surface area contributed by atoms with Crippen molar-refractivity contribution in [3.8, 4) is 5.75 Å². The lowest BCUT2D eigenvalue weighted by Gasteiger charge is -2.23. The van der Waals surface area contributed by atoms with Gasteiger partial charge in [0.1, 0.15) is 17.4 Å². The molecule has 150 valence electrons. The highest BCUT2D eigenvalue weighted by molar-refractivity contribution is 6.36. The number of carbonyl (C=O) groups is 4. The van der Waals surface area contributed by atoms with Gasteiger partial charge in [-0.25, -0.2) is 9.59 Å². The van der Waals surface area contributed by atoms with E-state index in [0.29, 0.717) is 5.56 Å². The van der Waals surface area contributed by atoms with Gasteiger partial charge in [0.25, 0.3) is 5.91 Å². The van der Waals surface area contributed by atoms with Crippen LogP contribution in [0.5, 0.6) is 5.75 Å². The Morgan fingerprint density at radius 2 is 1.86 bits per heavy atom. The predicted octanol–water partition coefficient (Wildman–Crippen LogP) is 2.21. The highest BCUT2D eigenvalue weighted by Gasteiger charge is 2.38. The Morgan fingerprint density at radius 3 is 2.48 bits per heavy atom. The fourth-order valence-corrected chi connectivity index (χ4v) is 3.31. The maximum absolute atomic E-state index is 12.6. The van der Waals surface area contributed by atoms with Gasteiger partial charge in [0.15, 0.2) is 6.10 Å².